The summed E-state index contributed by atoms with van der Waals surface area (Å²) in [6, 6.07) is -0.485. The zero-order valence-electron chi connectivity index (χ0n) is 10.9. The van der Waals surface area contributed by atoms with Gasteiger partial charge in [0.1, 0.15) is 0 Å². The largest absolute Gasteiger partial charge is 0.391 e. The van der Waals surface area contributed by atoms with Gasteiger partial charge >= 0.3 is 6.18 Å². The van der Waals surface area contributed by atoms with E-state index in [9.17, 15) is 18.0 Å². The molecule has 0 aromatic heterocycles. The van der Waals surface area contributed by atoms with E-state index in [1.165, 1.54) is 0 Å². The Morgan fingerprint density at radius 1 is 1.26 bits per heavy atom. The van der Waals surface area contributed by atoms with Crippen LogP contribution in [0.1, 0.15) is 44.9 Å². The Bertz CT molecular complexity index is 328. The summed E-state index contributed by atoms with van der Waals surface area (Å²) >= 11 is 0. The van der Waals surface area contributed by atoms with Gasteiger partial charge in [-0.1, -0.05) is 6.42 Å². The average Bonchev–Trinajstić information content (AvgIpc) is 3.11. The third-order valence-electron chi connectivity index (χ3n) is 4.15. The van der Waals surface area contributed by atoms with Crippen LogP contribution >= 0.6 is 0 Å². The van der Waals surface area contributed by atoms with Gasteiger partial charge in [0.05, 0.1) is 5.92 Å². The predicted octanol–water partition coefficient (Wildman–Crippen LogP) is 2.35. The first-order valence-corrected chi connectivity index (χ1v) is 6.98. The van der Waals surface area contributed by atoms with Crippen LogP contribution in [0.2, 0.25) is 0 Å². The lowest BCUT2D eigenvalue weighted by Crippen LogP contribution is -2.43. The molecule has 0 radical (unpaired) electrons. The Hall–Kier alpha value is -0.780. The number of amides is 1. The average molecular weight is 278 g/mol. The normalized spacial score (nSPS) is 29.9. The van der Waals surface area contributed by atoms with Crippen molar-refractivity contribution in [1.29, 1.82) is 0 Å². The number of rotatable bonds is 4. The van der Waals surface area contributed by atoms with Crippen molar-refractivity contribution < 1.29 is 18.0 Å². The fourth-order valence-corrected chi connectivity index (χ4v) is 2.81. The molecule has 3 N–H and O–H groups in total. The van der Waals surface area contributed by atoms with Gasteiger partial charge in [0.15, 0.2) is 0 Å². The summed E-state index contributed by atoms with van der Waals surface area (Å²) in [5.41, 5.74) is 5.84. The van der Waals surface area contributed by atoms with Crippen molar-refractivity contribution in [1.82, 2.24) is 5.32 Å². The van der Waals surface area contributed by atoms with Crippen LogP contribution in [0, 0.1) is 11.8 Å². The zero-order chi connectivity index (χ0) is 14.0. The van der Waals surface area contributed by atoms with Crippen molar-refractivity contribution in [3.63, 3.8) is 0 Å². The lowest BCUT2D eigenvalue weighted by atomic mass is 9.85. The molecular formula is C13H21F3N2O. The van der Waals surface area contributed by atoms with Gasteiger partial charge in [-0.25, -0.2) is 0 Å². The lowest BCUT2D eigenvalue weighted by molar-refractivity contribution is -0.184. The molecule has 0 heterocycles. The van der Waals surface area contributed by atoms with Crippen molar-refractivity contribution in [3.8, 4) is 0 Å². The van der Waals surface area contributed by atoms with Crippen LogP contribution in [0.5, 0.6) is 0 Å². The maximum Gasteiger partial charge on any atom is 0.391 e. The van der Waals surface area contributed by atoms with Gasteiger partial charge in [-0.3, -0.25) is 4.79 Å². The topological polar surface area (TPSA) is 55.1 Å². The SMILES string of the molecule is NC(CC(=O)NC1CCCC(C(F)(F)F)C1)C1CC1. The summed E-state index contributed by atoms with van der Waals surface area (Å²) in [4.78, 5) is 11.7. The van der Waals surface area contributed by atoms with Gasteiger partial charge in [0, 0.05) is 18.5 Å². The number of carbonyl (C=O) groups is 1. The summed E-state index contributed by atoms with van der Waals surface area (Å²) in [5.74, 6) is -1.05. The van der Waals surface area contributed by atoms with E-state index in [-0.39, 0.29) is 37.3 Å². The monoisotopic (exact) mass is 278 g/mol. The maximum atomic E-state index is 12.6. The molecule has 3 unspecified atom stereocenters. The summed E-state index contributed by atoms with van der Waals surface area (Å²) in [7, 11) is 0. The quantitative estimate of drug-likeness (QED) is 0.829. The number of halogens is 3. The molecule has 2 aliphatic carbocycles. The molecule has 2 aliphatic rings. The van der Waals surface area contributed by atoms with E-state index < -0.39 is 12.1 Å². The molecule has 2 rings (SSSR count). The molecule has 19 heavy (non-hydrogen) atoms. The highest BCUT2D eigenvalue weighted by molar-refractivity contribution is 5.77. The molecule has 110 valence electrons. The van der Waals surface area contributed by atoms with E-state index in [0.29, 0.717) is 18.8 Å². The molecule has 0 aromatic carbocycles. The number of hydrogen-bond donors (Lipinski definition) is 2. The second-order valence-corrected chi connectivity index (χ2v) is 5.87. The van der Waals surface area contributed by atoms with Crippen LogP contribution in [0.3, 0.4) is 0 Å². The summed E-state index contributed by atoms with van der Waals surface area (Å²) in [6.07, 6.45) is -0.445. The molecule has 0 bridgehead atoms. The van der Waals surface area contributed by atoms with Crippen LogP contribution in [0.25, 0.3) is 0 Å². The molecule has 0 saturated heterocycles. The second kappa shape index (κ2) is 5.69. The first-order chi connectivity index (χ1) is 8.86. The van der Waals surface area contributed by atoms with E-state index in [1.54, 1.807) is 0 Å². The second-order valence-electron chi connectivity index (χ2n) is 5.87. The Labute approximate surface area is 111 Å². The summed E-state index contributed by atoms with van der Waals surface area (Å²) in [5, 5.41) is 2.72. The fraction of sp³-hybridized carbons (Fsp3) is 0.923. The standard InChI is InChI=1S/C13H21F3N2O/c14-13(15,16)9-2-1-3-10(6-9)18-12(19)7-11(17)8-4-5-8/h8-11H,1-7,17H2,(H,18,19). The molecule has 2 saturated carbocycles. The number of hydrogen-bond acceptors (Lipinski definition) is 2. The van der Waals surface area contributed by atoms with E-state index in [2.05, 4.69) is 5.32 Å². The maximum absolute atomic E-state index is 12.6. The highest BCUT2D eigenvalue weighted by Gasteiger charge is 2.42. The molecule has 0 aliphatic heterocycles. The van der Waals surface area contributed by atoms with Gasteiger partial charge < -0.3 is 11.1 Å². The zero-order valence-corrected chi connectivity index (χ0v) is 10.9. The van der Waals surface area contributed by atoms with Gasteiger partial charge in [0.2, 0.25) is 5.91 Å². The fourth-order valence-electron chi connectivity index (χ4n) is 2.81. The van der Waals surface area contributed by atoms with Gasteiger partial charge in [-0.2, -0.15) is 13.2 Å². The third-order valence-corrected chi connectivity index (χ3v) is 4.15. The molecule has 3 nitrogen and oxygen atoms in total. The van der Waals surface area contributed by atoms with Crippen LogP contribution in [0.4, 0.5) is 13.2 Å². The highest BCUT2D eigenvalue weighted by Crippen LogP contribution is 2.37. The Kier molecular flexibility index (Phi) is 4.38. The van der Waals surface area contributed by atoms with Crippen molar-refractivity contribution in [3.05, 3.63) is 0 Å². The smallest absolute Gasteiger partial charge is 0.353 e. The predicted molar refractivity (Wildman–Crippen MR) is 65.3 cm³/mol. The highest BCUT2D eigenvalue weighted by atomic mass is 19.4. The Morgan fingerprint density at radius 2 is 1.95 bits per heavy atom. The minimum atomic E-state index is -4.15. The van der Waals surface area contributed by atoms with E-state index >= 15 is 0 Å². The number of nitrogens with one attached hydrogen (secondary N) is 1. The molecule has 2 fully saturated rings. The summed E-state index contributed by atoms with van der Waals surface area (Å²) in [6.45, 7) is 0. The minimum absolute atomic E-state index is 0.00784. The van der Waals surface area contributed by atoms with E-state index in [1.807, 2.05) is 0 Å². The number of alkyl halides is 3. The summed E-state index contributed by atoms with van der Waals surface area (Å²) < 4.78 is 37.9. The van der Waals surface area contributed by atoms with Crippen LogP contribution in [-0.2, 0) is 4.79 Å². The van der Waals surface area contributed by atoms with Crippen LogP contribution in [0.15, 0.2) is 0 Å². The van der Waals surface area contributed by atoms with E-state index in [4.69, 9.17) is 5.73 Å². The van der Waals surface area contributed by atoms with Gasteiger partial charge in [-0.05, 0) is 38.0 Å². The van der Waals surface area contributed by atoms with Gasteiger partial charge in [-0.15, -0.1) is 0 Å². The van der Waals surface area contributed by atoms with E-state index in [0.717, 1.165) is 12.8 Å². The Balaban J connectivity index is 1.76. The van der Waals surface area contributed by atoms with Crippen molar-refractivity contribution >= 4 is 5.91 Å². The molecular weight excluding hydrogens is 257 g/mol. The van der Waals surface area contributed by atoms with Crippen LogP contribution in [-0.4, -0.2) is 24.2 Å². The number of nitrogens with two attached hydrogens (primary N) is 1. The molecule has 3 atom stereocenters. The molecule has 0 spiro atoms. The molecule has 0 aromatic rings. The Morgan fingerprint density at radius 3 is 2.53 bits per heavy atom. The van der Waals surface area contributed by atoms with Gasteiger partial charge in [0.25, 0.3) is 0 Å². The van der Waals surface area contributed by atoms with Crippen molar-refractivity contribution in [2.75, 3.05) is 0 Å². The first-order valence-electron chi connectivity index (χ1n) is 6.98. The number of carbonyl (C=O) groups excluding carboxylic acids is 1. The van der Waals surface area contributed by atoms with Crippen molar-refractivity contribution in [2.45, 2.75) is 63.2 Å². The molecule has 6 heteroatoms. The minimum Gasteiger partial charge on any atom is -0.353 e. The lowest BCUT2D eigenvalue weighted by Gasteiger charge is -2.31. The van der Waals surface area contributed by atoms with Crippen LogP contribution < -0.4 is 11.1 Å². The molecule has 1 amide bonds. The third kappa shape index (κ3) is 4.37. The first kappa shape index (κ1) is 14.6. The van der Waals surface area contributed by atoms with Crippen molar-refractivity contribution in [2.24, 2.45) is 17.6 Å².